The van der Waals surface area contributed by atoms with Crippen molar-refractivity contribution in [2.45, 2.75) is 32.2 Å². The van der Waals surface area contributed by atoms with Gasteiger partial charge in [0.25, 0.3) is 0 Å². The highest BCUT2D eigenvalue weighted by Gasteiger charge is 2.14. The number of carbonyl (C=O) groups is 1. The quantitative estimate of drug-likeness (QED) is 0.836. The van der Waals surface area contributed by atoms with Gasteiger partial charge in [0.2, 0.25) is 0 Å². The summed E-state index contributed by atoms with van der Waals surface area (Å²) in [7, 11) is 0. The summed E-state index contributed by atoms with van der Waals surface area (Å²) in [5.74, 6) is -0.905. The van der Waals surface area contributed by atoms with Crippen LogP contribution in [0, 0.1) is 0 Å². The number of carboxylic acid groups (broad SMARTS) is 1. The molecule has 0 amide bonds. The molecule has 0 aliphatic rings. The number of benzene rings is 1. The van der Waals surface area contributed by atoms with Gasteiger partial charge >= 0.3 is 5.97 Å². The lowest BCUT2D eigenvalue weighted by atomic mass is 9.97. The Bertz CT molecular complexity index is 342. The molecule has 0 saturated carbocycles. The molecule has 1 aromatic carbocycles. The zero-order valence-corrected chi connectivity index (χ0v) is 10.2. The number of unbranched alkanes of at least 4 members (excludes halogenated alkanes) is 1. The lowest BCUT2D eigenvalue weighted by Gasteiger charge is -2.13. The minimum Gasteiger partial charge on any atom is -0.478 e. The van der Waals surface area contributed by atoms with E-state index in [4.69, 9.17) is 10.8 Å². The fourth-order valence-electron chi connectivity index (χ4n) is 1.59. The Labute approximate surface area is 102 Å². The van der Waals surface area contributed by atoms with Gasteiger partial charge < -0.3 is 10.8 Å². The Hall–Kier alpha value is -1.06. The number of hydrogen-bond donors (Lipinski definition) is 2. The summed E-state index contributed by atoms with van der Waals surface area (Å²) in [6.45, 7) is 2.09. The van der Waals surface area contributed by atoms with Gasteiger partial charge in [-0.15, -0.1) is 12.4 Å². The van der Waals surface area contributed by atoms with Crippen LogP contribution < -0.4 is 5.73 Å². The van der Waals surface area contributed by atoms with E-state index in [9.17, 15) is 4.79 Å². The van der Waals surface area contributed by atoms with E-state index in [0.717, 1.165) is 24.8 Å². The maximum atomic E-state index is 10.9. The topological polar surface area (TPSA) is 63.3 Å². The molecule has 0 aromatic heterocycles. The zero-order chi connectivity index (χ0) is 11.3. The molecule has 1 aromatic rings. The molecule has 0 spiro atoms. The molecule has 1 rings (SSSR count). The van der Waals surface area contributed by atoms with Crippen molar-refractivity contribution in [2.24, 2.45) is 5.73 Å². The number of halogens is 1. The first-order chi connectivity index (χ1) is 7.16. The smallest absolute Gasteiger partial charge is 0.336 e. The van der Waals surface area contributed by atoms with Crippen LogP contribution in [0.1, 0.15) is 48.1 Å². The molecule has 90 valence electrons. The van der Waals surface area contributed by atoms with Crippen LogP contribution in [0.15, 0.2) is 24.3 Å². The summed E-state index contributed by atoms with van der Waals surface area (Å²) in [6.07, 6.45) is 2.93. The fourth-order valence-corrected chi connectivity index (χ4v) is 1.59. The van der Waals surface area contributed by atoms with Crippen molar-refractivity contribution in [3.05, 3.63) is 35.4 Å². The largest absolute Gasteiger partial charge is 0.478 e. The minimum atomic E-state index is -0.905. The number of aromatic carboxylic acids is 1. The standard InChI is InChI=1S/C12H17NO2.ClH/c1-2-3-8-11(13)9-6-4-5-7-10(9)12(14)15;/h4-7,11H,2-3,8,13H2,1H3,(H,14,15);1H/t11-;/m1./s1. The Kier molecular flexibility index (Phi) is 6.77. The normalized spacial score (nSPS) is 11.6. The summed E-state index contributed by atoms with van der Waals surface area (Å²) in [4.78, 5) is 10.9. The lowest BCUT2D eigenvalue weighted by molar-refractivity contribution is 0.0695. The summed E-state index contributed by atoms with van der Waals surface area (Å²) >= 11 is 0. The van der Waals surface area contributed by atoms with Gasteiger partial charge in [-0.25, -0.2) is 4.79 Å². The van der Waals surface area contributed by atoms with Crippen LogP contribution in [0.4, 0.5) is 0 Å². The second-order valence-corrected chi connectivity index (χ2v) is 3.64. The summed E-state index contributed by atoms with van der Waals surface area (Å²) in [5.41, 5.74) is 7.01. The number of rotatable bonds is 5. The van der Waals surface area contributed by atoms with Crippen LogP contribution in [0.5, 0.6) is 0 Å². The molecule has 0 bridgehead atoms. The molecular weight excluding hydrogens is 226 g/mol. The van der Waals surface area contributed by atoms with E-state index in [1.807, 2.05) is 6.07 Å². The highest BCUT2D eigenvalue weighted by molar-refractivity contribution is 5.89. The Morgan fingerprint density at radius 2 is 2.06 bits per heavy atom. The van der Waals surface area contributed by atoms with Crippen LogP contribution in [-0.4, -0.2) is 11.1 Å². The van der Waals surface area contributed by atoms with Crippen LogP contribution in [0.3, 0.4) is 0 Å². The monoisotopic (exact) mass is 243 g/mol. The molecule has 0 saturated heterocycles. The average Bonchev–Trinajstić information content (AvgIpc) is 2.25. The van der Waals surface area contributed by atoms with Crippen LogP contribution >= 0.6 is 12.4 Å². The van der Waals surface area contributed by atoms with E-state index in [1.54, 1.807) is 18.2 Å². The first-order valence-electron chi connectivity index (χ1n) is 5.24. The molecule has 0 radical (unpaired) electrons. The van der Waals surface area contributed by atoms with E-state index < -0.39 is 5.97 Å². The Morgan fingerprint density at radius 3 is 2.62 bits per heavy atom. The zero-order valence-electron chi connectivity index (χ0n) is 9.35. The van der Waals surface area contributed by atoms with Gasteiger partial charge in [-0.1, -0.05) is 38.0 Å². The molecule has 0 heterocycles. The van der Waals surface area contributed by atoms with Gasteiger partial charge in [-0.2, -0.15) is 0 Å². The van der Waals surface area contributed by atoms with Crippen LogP contribution in [0.25, 0.3) is 0 Å². The second-order valence-electron chi connectivity index (χ2n) is 3.64. The van der Waals surface area contributed by atoms with Crippen molar-refractivity contribution in [1.82, 2.24) is 0 Å². The lowest BCUT2D eigenvalue weighted by Crippen LogP contribution is -2.14. The molecule has 3 N–H and O–H groups in total. The molecule has 3 nitrogen and oxygen atoms in total. The third-order valence-corrected chi connectivity index (χ3v) is 2.46. The van der Waals surface area contributed by atoms with Crippen molar-refractivity contribution in [1.29, 1.82) is 0 Å². The first-order valence-corrected chi connectivity index (χ1v) is 5.24. The SMILES string of the molecule is CCCC[C@@H](N)c1ccccc1C(=O)O.Cl. The maximum Gasteiger partial charge on any atom is 0.336 e. The summed E-state index contributed by atoms with van der Waals surface area (Å²) in [5, 5.41) is 8.98. The van der Waals surface area contributed by atoms with E-state index in [-0.39, 0.29) is 18.4 Å². The molecule has 0 aliphatic carbocycles. The van der Waals surface area contributed by atoms with Crippen molar-refractivity contribution in [2.75, 3.05) is 0 Å². The van der Waals surface area contributed by atoms with Gasteiger partial charge in [0.15, 0.2) is 0 Å². The number of hydrogen-bond acceptors (Lipinski definition) is 2. The van der Waals surface area contributed by atoms with Crippen molar-refractivity contribution in [3.63, 3.8) is 0 Å². The van der Waals surface area contributed by atoms with E-state index in [0.29, 0.717) is 5.56 Å². The molecule has 1 atom stereocenters. The summed E-state index contributed by atoms with van der Waals surface area (Å²) < 4.78 is 0. The van der Waals surface area contributed by atoms with E-state index >= 15 is 0 Å². The summed E-state index contributed by atoms with van der Waals surface area (Å²) in [6, 6.07) is 6.78. The third kappa shape index (κ3) is 3.83. The molecular formula is C12H18ClNO2. The fraction of sp³-hybridized carbons (Fsp3) is 0.417. The maximum absolute atomic E-state index is 10.9. The highest BCUT2D eigenvalue weighted by atomic mass is 35.5. The van der Waals surface area contributed by atoms with E-state index in [2.05, 4.69) is 6.92 Å². The number of carboxylic acids is 1. The minimum absolute atomic E-state index is 0. The molecule has 0 unspecified atom stereocenters. The predicted molar refractivity (Wildman–Crippen MR) is 67.1 cm³/mol. The second kappa shape index (κ2) is 7.25. The first kappa shape index (κ1) is 14.9. The molecule has 0 aliphatic heterocycles. The van der Waals surface area contributed by atoms with Gasteiger partial charge in [0, 0.05) is 6.04 Å². The number of nitrogens with two attached hydrogens (primary N) is 1. The van der Waals surface area contributed by atoms with Gasteiger partial charge in [0.05, 0.1) is 5.56 Å². The van der Waals surface area contributed by atoms with E-state index in [1.165, 1.54) is 0 Å². The van der Waals surface area contributed by atoms with Crippen LogP contribution in [0.2, 0.25) is 0 Å². The molecule has 16 heavy (non-hydrogen) atoms. The average molecular weight is 244 g/mol. The third-order valence-electron chi connectivity index (χ3n) is 2.46. The van der Waals surface area contributed by atoms with Gasteiger partial charge in [0.1, 0.15) is 0 Å². The van der Waals surface area contributed by atoms with Crippen LogP contribution in [-0.2, 0) is 0 Å². The highest BCUT2D eigenvalue weighted by Crippen LogP contribution is 2.20. The Balaban J connectivity index is 0.00000225. The molecule has 0 fully saturated rings. The van der Waals surface area contributed by atoms with Crippen molar-refractivity contribution in [3.8, 4) is 0 Å². The Morgan fingerprint density at radius 1 is 1.44 bits per heavy atom. The molecule has 4 heteroatoms. The predicted octanol–water partition coefficient (Wildman–Crippen LogP) is 3.00. The van der Waals surface area contributed by atoms with Gasteiger partial charge in [-0.3, -0.25) is 0 Å². The van der Waals surface area contributed by atoms with Crippen molar-refractivity contribution < 1.29 is 9.90 Å². The van der Waals surface area contributed by atoms with Gasteiger partial charge in [-0.05, 0) is 18.1 Å². The van der Waals surface area contributed by atoms with Crippen molar-refractivity contribution >= 4 is 18.4 Å².